The zero-order valence-electron chi connectivity index (χ0n) is 8.15. The predicted octanol–water partition coefficient (Wildman–Crippen LogP) is -0.692. The van der Waals surface area contributed by atoms with Crippen molar-refractivity contribution in [2.24, 2.45) is 5.92 Å². The van der Waals surface area contributed by atoms with Gasteiger partial charge in [0.05, 0.1) is 13.2 Å². The number of ether oxygens (including phenoxy) is 1. The molecular weight excluding hydrogens is 170 g/mol. The highest BCUT2D eigenvalue weighted by atomic mass is 16.5. The number of hydrogen-bond donors (Lipinski definition) is 2. The van der Waals surface area contributed by atoms with Gasteiger partial charge in [-0.25, -0.2) is 0 Å². The maximum Gasteiger partial charge on any atom is 0.0622 e. The van der Waals surface area contributed by atoms with Crippen LogP contribution in [0.1, 0.15) is 6.42 Å². The summed E-state index contributed by atoms with van der Waals surface area (Å²) in [6.07, 6.45) is 0.809. The van der Waals surface area contributed by atoms with Gasteiger partial charge in [0.15, 0.2) is 0 Å². The number of aliphatic hydroxyl groups excluding tert-OH is 2. The van der Waals surface area contributed by atoms with E-state index in [1.807, 2.05) is 0 Å². The molecule has 0 radical (unpaired) electrons. The number of morpholine rings is 1. The molecule has 1 heterocycles. The Hall–Kier alpha value is -0.160. The maximum atomic E-state index is 8.92. The summed E-state index contributed by atoms with van der Waals surface area (Å²) in [6.45, 7) is 2.55. The summed E-state index contributed by atoms with van der Waals surface area (Å²) in [5, 5.41) is 17.8. The molecule has 0 aromatic rings. The molecule has 0 saturated carbocycles. The van der Waals surface area contributed by atoms with Crippen LogP contribution in [-0.4, -0.2) is 61.2 Å². The van der Waals surface area contributed by atoms with Crippen molar-refractivity contribution < 1.29 is 14.9 Å². The number of rotatable bonds is 4. The van der Waals surface area contributed by atoms with E-state index in [0.717, 1.165) is 19.6 Å². The first-order valence-corrected chi connectivity index (χ1v) is 4.77. The molecule has 1 fully saturated rings. The fourth-order valence-corrected chi connectivity index (χ4v) is 1.58. The third-order valence-corrected chi connectivity index (χ3v) is 2.64. The van der Waals surface area contributed by atoms with Crippen LogP contribution in [0.3, 0.4) is 0 Å². The second kappa shape index (κ2) is 5.54. The van der Waals surface area contributed by atoms with Crippen molar-refractivity contribution in [2.45, 2.75) is 12.5 Å². The Kier molecular flexibility index (Phi) is 4.66. The van der Waals surface area contributed by atoms with E-state index in [4.69, 9.17) is 14.9 Å². The minimum absolute atomic E-state index is 0.00542. The molecule has 4 nitrogen and oxygen atoms in total. The van der Waals surface area contributed by atoms with E-state index in [1.54, 1.807) is 0 Å². The highest BCUT2D eigenvalue weighted by molar-refractivity contribution is 4.75. The quantitative estimate of drug-likeness (QED) is 0.614. The minimum atomic E-state index is -0.00542. The van der Waals surface area contributed by atoms with Crippen LogP contribution in [0.15, 0.2) is 0 Å². The van der Waals surface area contributed by atoms with E-state index in [-0.39, 0.29) is 19.1 Å². The maximum absolute atomic E-state index is 8.92. The van der Waals surface area contributed by atoms with Crippen LogP contribution in [0.4, 0.5) is 0 Å². The van der Waals surface area contributed by atoms with Crippen LogP contribution in [-0.2, 0) is 4.74 Å². The Bertz CT molecular complexity index is 139. The summed E-state index contributed by atoms with van der Waals surface area (Å²) in [5.41, 5.74) is 0. The Balaban J connectivity index is 2.32. The van der Waals surface area contributed by atoms with E-state index in [9.17, 15) is 0 Å². The fraction of sp³-hybridized carbons (Fsp3) is 1.00. The molecule has 1 saturated heterocycles. The summed E-state index contributed by atoms with van der Waals surface area (Å²) in [7, 11) is 2.05. The summed E-state index contributed by atoms with van der Waals surface area (Å²) >= 11 is 0. The summed E-state index contributed by atoms with van der Waals surface area (Å²) < 4.78 is 5.34. The van der Waals surface area contributed by atoms with Gasteiger partial charge < -0.3 is 14.9 Å². The monoisotopic (exact) mass is 189 g/mol. The molecule has 0 spiro atoms. The van der Waals surface area contributed by atoms with Crippen LogP contribution in [0.25, 0.3) is 0 Å². The van der Waals surface area contributed by atoms with E-state index >= 15 is 0 Å². The van der Waals surface area contributed by atoms with Crippen LogP contribution >= 0.6 is 0 Å². The minimum Gasteiger partial charge on any atom is -0.396 e. The summed E-state index contributed by atoms with van der Waals surface area (Å²) in [4.78, 5) is 2.22. The first kappa shape index (κ1) is 10.9. The van der Waals surface area contributed by atoms with Gasteiger partial charge in [-0.05, 0) is 13.5 Å². The van der Waals surface area contributed by atoms with Crippen LogP contribution < -0.4 is 0 Å². The van der Waals surface area contributed by atoms with Crippen molar-refractivity contribution in [1.82, 2.24) is 4.90 Å². The molecule has 1 atom stereocenters. The van der Waals surface area contributed by atoms with Crippen molar-refractivity contribution in [2.75, 3.05) is 40.0 Å². The second-order valence-electron chi connectivity index (χ2n) is 3.68. The number of hydrogen-bond acceptors (Lipinski definition) is 4. The van der Waals surface area contributed by atoms with Gasteiger partial charge in [-0.1, -0.05) is 0 Å². The lowest BCUT2D eigenvalue weighted by Gasteiger charge is -2.34. The average Bonchev–Trinajstić information content (AvgIpc) is 2.17. The first-order valence-electron chi connectivity index (χ1n) is 4.77. The molecule has 0 aromatic heterocycles. The molecule has 1 unspecified atom stereocenters. The highest BCUT2D eigenvalue weighted by Gasteiger charge is 2.22. The normalized spacial score (nSPS) is 25.4. The fourth-order valence-electron chi connectivity index (χ4n) is 1.58. The van der Waals surface area contributed by atoms with Crippen LogP contribution in [0.5, 0.6) is 0 Å². The van der Waals surface area contributed by atoms with Crippen molar-refractivity contribution in [3.63, 3.8) is 0 Å². The van der Waals surface area contributed by atoms with Gasteiger partial charge in [-0.3, -0.25) is 4.90 Å². The third-order valence-electron chi connectivity index (χ3n) is 2.64. The number of nitrogens with zero attached hydrogens (tertiary/aromatic N) is 1. The highest BCUT2D eigenvalue weighted by Crippen LogP contribution is 2.13. The predicted molar refractivity (Wildman–Crippen MR) is 49.5 cm³/mol. The Labute approximate surface area is 79.1 Å². The van der Waals surface area contributed by atoms with Gasteiger partial charge in [0.25, 0.3) is 0 Å². The van der Waals surface area contributed by atoms with E-state index in [1.165, 1.54) is 0 Å². The largest absolute Gasteiger partial charge is 0.396 e. The van der Waals surface area contributed by atoms with E-state index < -0.39 is 0 Å². The summed E-state index contributed by atoms with van der Waals surface area (Å²) in [5.74, 6) is -0.00542. The second-order valence-corrected chi connectivity index (χ2v) is 3.68. The van der Waals surface area contributed by atoms with Crippen LogP contribution in [0, 0.1) is 5.92 Å². The van der Waals surface area contributed by atoms with Gasteiger partial charge in [-0.15, -0.1) is 0 Å². The third kappa shape index (κ3) is 3.23. The van der Waals surface area contributed by atoms with Crippen molar-refractivity contribution >= 4 is 0 Å². The van der Waals surface area contributed by atoms with Gasteiger partial charge in [0.1, 0.15) is 0 Å². The van der Waals surface area contributed by atoms with Gasteiger partial charge in [-0.2, -0.15) is 0 Å². The number of likely N-dealkylation sites (N-methyl/N-ethyl adjacent to an activating group) is 1. The molecule has 0 aliphatic carbocycles. The lowest BCUT2D eigenvalue weighted by Crippen LogP contribution is -2.44. The lowest BCUT2D eigenvalue weighted by molar-refractivity contribution is -0.0106. The summed E-state index contributed by atoms with van der Waals surface area (Å²) in [6, 6.07) is 0.345. The zero-order valence-corrected chi connectivity index (χ0v) is 8.15. The van der Waals surface area contributed by atoms with Gasteiger partial charge in [0, 0.05) is 31.7 Å². The molecule has 13 heavy (non-hydrogen) atoms. The van der Waals surface area contributed by atoms with E-state index in [2.05, 4.69) is 11.9 Å². The Morgan fingerprint density at radius 3 is 2.69 bits per heavy atom. The molecular formula is C9H19NO3. The average molecular weight is 189 g/mol. The van der Waals surface area contributed by atoms with Crippen LogP contribution in [0.2, 0.25) is 0 Å². The zero-order chi connectivity index (χ0) is 9.68. The molecule has 1 aliphatic heterocycles. The molecule has 1 rings (SSSR count). The van der Waals surface area contributed by atoms with Gasteiger partial charge >= 0.3 is 0 Å². The number of aliphatic hydroxyl groups is 2. The van der Waals surface area contributed by atoms with Crippen molar-refractivity contribution in [3.05, 3.63) is 0 Å². The van der Waals surface area contributed by atoms with Crippen molar-refractivity contribution in [3.8, 4) is 0 Å². The van der Waals surface area contributed by atoms with Gasteiger partial charge in [0.2, 0.25) is 0 Å². The Morgan fingerprint density at radius 1 is 1.46 bits per heavy atom. The van der Waals surface area contributed by atoms with E-state index in [0.29, 0.717) is 12.6 Å². The molecule has 4 heteroatoms. The molecule has 0 aromatic carbocycles. The topological polar surface area (TPSA) is 52.9 Å². The first-order chi connectivity index (χ1) is 6.27. The lowest BCUT2D eigenvalue weighted by atomic mass is 10.0. The molecule has 1 aliphatic rings. The SMILES string of the molecule is CN1CCOCC1CC(CO)CO. The molecule has 0 bridgehead atoms. The smallest absolute Gasteiger partial charge is 0.0622 e. The standard InChI is InChI=1S/C9H19NO3/c1-10-2-3-13-7-9(10)4-8(5-11)6-12/h8-9,11-12H,2-7H2,1H3. The molecule has 2 N–H and O–H groups in total. The van der Waals surface area contributed by atoms with Crippen molar-refractivity contribution in [1.29, 1.82) is 0 Å². The Morgan fingerprint density at radius 2 is 2.15 bits per heavy atom. The molecule has 78 valence electrons. The molecule has 0 amide bonds.